The van der Waals surface area contributed by atoms with Crippen LogP contribution >= 0.6 is 0 Å². The number of likely N-dealkylation sites (tertiary alicyclic amines) is 1. The molecule has 1 aliphatic heterocycles. The zero-order chi connectivity index (χ0) is 19.9. The Bertz CT molecular complexity index is 719. The average molecular weight is 388 g/mol. The Morgan fingerprint density at radius 3 is 2.75 bits per heavy atom. The fourth-order valence-electron chi connectivity index (χ4n) is 4.23. The molecule has 0 radical (unpaired) electrons. The van der Waals surface area contributed by atoms with E-state index >= 15 is 0 Å². The summed E-state index contributed by atoms with van der Waals surface area (Å²) in [5, 5.41) is 2.50. The summed E-state index contributed by atoms with van der Waals surface area (Å²) in [6.45, 7) is 0.191. The number of carbonyl (C=O) groups is 3. The molecule has 1 N–H and O–H groups in total. The van der Waals surface area contributed by atoms with Crippen LogP contribution in [0.3, 0.4) is 0 Å². The quantitative estimate of drug-likeness (QED) is 0.755. The first-order valence-electron chi connectivity index (χ1n) is 9.96. The van der Waals surface area contributed by atoms with Crippen molar-refractivity contribution in [2.24, 2.45) is 5.92 Å². The number of hydrogen-bond acceptors (Lipinski definition) is 5. The van der Waals surface area contributed by atoms with Gasteiger partial charge in [0.25, 0.3) is 11.8 Å². The minimum atomic E-state index is -0.623. The summed E-state index contributed by atoms with van der Waals surface area (Å²) in [5.74, 6) is -0.0122. The number of carbonyl (C=O) groups excluding carboxylic acids is 3. The van der Waals surface area contributed by atoms with Crippen LogP contribution in [0.4, 0.5) is 0 Å². The molecule has 152 valence electrons. The van der Waals surface area contributed by atoms with Crippen molar-refractivity contribution in [2.45, 2.75) is 44.6 Å². The van der Waals surface area contributed by atoms with Gasteiger partial charge in [-0.2, -0.15) is 0 Å². The van der Waals surface area contributed by atoms with Gasteiger partial charge < -0.3 is 19.7 Å². The SMILES string of the molecule is COc1cccc(C(=O)NCC(=O)OCC(=O)N2CCC[C@H]3CCCC[C@@H]32)c1. The van der Waals surface area contributed by atoms with Gasteiger partial charge in [0, 0.05) is 18.2 Å². The van der Waals surface area contributed by atoms with Crippen LogP contribution in [0.1, 0.15) is 48.9 Å². The number of piperidine rings is 1. The van der Waals surface area contributed by atoms with Gasteiger partial charge in [-0.1, -0.05) is 18.9 Å². The van der Waals surface area contributed by atoms with Gasteiger partial charge in [0.05, 0.1) is 7.11 Å². The van der Waals surface area contributed by atoms with Gasteiger partial charge in [0.15, 0.2) is 6.61 Å². The summed E-state index contributed by atoms with van der Waals surface area (Å²) < 4.78 is 10.2. The van der Waals surface area contributed by atoms with E-state index < -0.39 is 11.9 Å². The molecule has 1 heterocycles. The molecule has 7 heteroatoms. The van der Waals surface area contributed by atoms with E-state index in [9.17, 15) is 14.4 Å². The first-order chi connectivity index (χ1) is 13.6. The summed E-state index contributed by atoms with van der Waals surface area (Å²) in [6.07, 6.45) is 6.82. The highest BCUT2D eigenvalue weighted by molar-refractivity contribution is 5.96. The summed E-state index contributed by atoms with van der Waals surface area (Å²) in [6, 6.07) is 6.93. The van der Waals surface area contributed by atoms with E-state index in [0.717, 1.165) is 25.8 Å². The number of esters is 1. The molecule has 1 aromatic carbocycles. The maximum Gasteiger partial charge on any atom is 0.325 e. The minimum Gasteiger partial charge on any atom is -0.497 e. The molecule has 0 unspecified atom stereocenters. The van der Waals surface area contributed by atoms with Crippen molar-refractivity contribution in [3.8, 4) is 5.75 Å². The second kappa shape index (κ2) is 9.57. The van der Waals surface area contributed by atoms with Gasteiger partial charge in [0.1, 0.15) is 12.3 Å². The van der Waals surface area contributed by atoms with Crippen LogP contribution < -0.4 is 10.1 Å². The van der Waals surface area contributed by atoms with E-state index in [0.29, 0.717) is 23.3 Å². The predicted octanol–water partition coefficient (Wildman–Crippen LogP) is 2.15. The van der Waals surface area contributed by atoms with E-state index in [1.165, 1.54) is 26.4 Å². The van der Waals surface area contributed by atoms with E-state index in [1.54, 1.807) is 24.3 Å². The summed E-state index contributed by atoms with van der Waals surface area (Å²) in [5.41, 5.74) is 0.389. The Morgan fingerprint density at radius 2 is 1.93 bits per heavy atom. The maximum absolute atomic E-state index is 12.5. The smallest absolute Gasteiger partial charge is 0.325 e. The zero-order valence-electron chi connectivity index (χ0n) is 16.3. The molecule has 0 bridgehead atoms. The minimum absolute atomic E-state index is 0.135. The third-order valence-electron chi connectivity index (χ3n) is 5.65. The molecule has 2 atom stereocenters. The maximum atomic E-state index is 12.5. The molecule has 28 heavy (non-hydrogen) atoms. The number of nitrogens with zero attached hydrogens (tertiary/aromatic N) is 1. The van der Waals surface area contributed by atoms with Crippen LogP contribution in [0, 0.1) is 5.92 Å². The second-order valence-corrected chi connectivity index (χ2v) is 7.42. The van der Waals surface area contributed by atoms with Crippen LogP contribution in [0.15, 0.2) is 24.3 Å². The first kappa shape index (κ1) is 20.2. The van der Waals surface area contributed by atoms with Crippen LogP contribution in [0.5, 0.6) is 5.75 Å². The lowest BCUT2D eigenvalue weighted by Crippen LogP contribution is -2.51. The molecule has 7 nitrogen and oxygen atoms in total. The standard InChI is InChI=1S/C21H28N2O5/c1-27-17-9-4-7-16(12-17)21(26)22-13-20(25)28-14-19(24)23-11-5-8-15-6-2-3-10-18(15)23/h4,7,9,12,15,18H,2-3,5-6,8,10-11,13-14H2,1H3,(H,22,26)/t15-,18+/m1/s1. The molecular formula is C21H28N2O5. The van der Waals surface area contributed by atoms with Crippen molar-refractivity contribution < 1.29 is 23.9 Å². The third kappa shape index (κ3) is 5.03. The third-order valence-corrected chi connectivity index (χ3v) is 5.65. The molecule has 1 saturated heterocycles. The fraction of sp³-hybridized carbons (Fsp3) is 0.571. The van der Waals surface area contributed by atoms with Gasteiger partial charge >= 0.3 is 5.97 Å². The highest BCUT2D eigenvalue weighted by Gasteiger charge is 2.35. The number of benzene rings is 1. The Balaban J connectivity index is 1.43. The molecule has 1 saturated carbocycles. The van der Waals surface area contributed by atoms with Gasteiger partial charge in [-0.15, -0.1) is 0 Å². The van der Waals surface area contributed by atoms with Crippen LogP contribution in [0.2, 0.25) is 0 Å². The van der Waals surface area contributed by atoms with Crippen molar-refractivity contribution in [1.29, 1.82) is 0 Å². The number of amides is 2. The highest BCUT2D eigenvalue weighted by Crippen LogP contribution is 2.35. The Morgan fingerprint density at radius 1 is 1.14 bits per heavy atom. The second-order valence-electron chi connectivity index (χ2n) is 7.42. The summed E-state index contributed by atoms with van der Waals surface area (Å²) in [7, 11) is 1.52. The average Bonchev–Trinajstić information content (AvgIpc) is 2.75. The van der Waals surface area contributed by atoms with Crippen LogP contribution in [0.25, 0.3) is 0 Å². The Hall–Kier alpha value is -2.57. The number of rotatable bonds is 6. The first-order valence-corrected chi connectivity index (χ1v) is 9.96. The molecule has 0 spiro atoms. The number of fused-ring (bicyclic) bond motifs is 1. The lowest BCUT2D eigenvalue weighted by molar-refractivity contribution is -0.154. The summed E-state index contributed by atoms with van der Waals surface area (Å²) >= 11 is 0. The topological polar surface area (TPSA) is 84.9 Å². The fourth-order valence-corrected chi connectivity index (χ4v) is 4.23. The molecule has 1 aromatic rings. The van der Waals surface area contributed by atoms with E-state index in [-0.39, 0.29) is 19.1 Å². The number of ether oxygens (including phenoxy) is 2. The predicted molar refractivity (Wildman–Crippen MR) is 103 cm³/mol. The van der Waals surface area contributed by atoms with Crippen molar-refractivity contribution in [1.82, 2.24) is 10.2 Å². The molecule has 0 aromatic heterocycles. The van der Waals surface area contributed by atoms with E-state index in [4.69, 9.17) is 9.47 Å². The number of methoxy groups -OCH3 is 1. The molecule has 1 aliphatic carbocycles. The number of nitrogens with one attached hydrogen (secondary N) is 1. The Labute approximate surface area is 165 Å². The van der Waals surface area contributed by atoms with Crippen molar-refractivity contribution in [3.05, 3.63) is 29.8 Å². The largest absolute Gasteiger partial charge is 0.497 e. The summed E-state index contributed by atoms with van der Waals surface area (Å²) in [4.78, 5) is 38.5. The molecule has 2 fully saturated rings. The lowest BCUT2D eigenvalue weighted by Gasteiger charge is -2.44. The number of hydrogen-bond donors (Lipinski definition) is 1. The van der Waals surface area contributed by atoms with Crippen molar-refractivity contribution in [3.63, 3.8) is 0 Å². The monoisotopic (exact) mass is 388 g/mol. The van der Waals surface area contributed by atoms with E-state index in [1.807, 2.05) is 4.90 Å². The van der Waals surface area contributed by atoms with E-state index in [2.05, 4.69) is 5.32 Å². The Kier molecular flexibility index (Phi) is 6.90. The zero-order valence-corrected chi connectivity index (χ0v) is 16.3. The van der Waals surface area contributed by atoms with Gasteiger partial charge in [-0.3, -0.25) is 14.4 Å². The molecule has 2 amide bonds. The highest BCUT2D eigenvalue weighted by atomic mass is 16.5. The van der Waals surface area contributed by atoms with Gasteiger partial charge in [-0.05, 0) is 49.8 Å². The molecule has 2 aliphatic rings. The van der Waals surface area contributed by atoms with Crippen LogP contribution in [-0.2, 0) is 14.3 Å². The van der Waals surface area contributed by atoms with Crippen molar-refractivity contribution >= 4 is 17.8 Å². The van der Waals surface area contributed by atoms with Gasteiger partial charge in [-0.25, -0.2) is 0 Å². The normalized spacial score (nSPS) is 21.4. The lowest BCUT2D eigenvalue weighted by atomic mass is 9.78. The van der Waals surface area contributed by atoms with Crippen molar-refractivity contribution in [2.75, 3.05) is 26.8 Å². The molecule has 3 rings (SSSR count). The molecular weight excluding hydrogens is 360 g/mol. The van der Waals surface area contributed by atoms with Gasteiger partial charge in [0.2, 0.25) is 0 Å². The van der Waals surface area contributed by atoms with Crippen LogP contribution in [-0.4, -0.2) is 55.5 Å².